The van der Waals surface area contributed by atoms with E-state index in [9.17, 15) is 18.0 Å². The van der Waals surface area contributed by atoms with Gasteiger partial charge in [-0.2, -0.15) is 0 Å². The number of carbonyl (C=O) groups excluding carboxylic acids is 2. The van der Waals surface area contributed by atoms with E-state index in [0.717, 1.165) is 29.7 Å². The standard InChI is InChI=1S/C25H32N2O5S2/c1-15(2)13-32-19-7-5-17(6-8-19)23(28)27-25-22(20-9-4-16(3)12-21(20)33-25)24(29)26-18-10-11-34(30,31)14-18/h5-8,15-16,18H,4,9-14H2,1-3H3,(H,26,29)(H,27,28). The highest BCUT2D eigenvalue weighted by molar-refractivity contribution is 7.91. The fourth-order valence-electron chi connectivity index (χ4n) is 4.39. The van der Waals surface area contributed by atoms with E-state index in [2.05, 4.69) is 31.4 Å². The summed E-state index contributed by atoms with van der Waals surface area (Å²) in [5, 5.41) is 6.38. The largest absolute Gasteiger partial charge is 0.493 e. The number of benzene rings is 1. The number of fused-ring (bicyclic) bond motifs is 1. The lowest BCUT2D eigenvalue weighted by atomic mass is 9.88. The van der Waals surface area contributed by atoms with Gasteiger partial charge in [0, 0.05) is 16.5 Å². The third-order valence-corrected chi connectivity index (χ3v) is 9.17. The molecule has 9 heteroatoms. The fourth-order valence-corrected chi connectivity index (χ4v) is 7.46. The number of thiophene rings is 1. The van der Waals surface area contributed by atoms with Gasteiger partial charge in [0.15, 0.2) is 9.84 Å². The minimum atomic E-state index is -3.10. The van der Waals surface area contributed by atoms with E-state index in [-0.39, 0.29) is 23.3 Å². The first-order valence-corrected chi connectivity index (χ1v) is 14.4. The van der Waals surface area contributed by atoms with Crippen molar-refractivity contribution < 1.29 is 22.7 Å². The van der Waals surface area contributed by atoms with Crippen LogP contribution >= 0.6 is 11.3 Å². The average Bonchev–Trinajstić information content (AvgIpc) is 3.30. The summed E-state index contributed by atoms with van der Waals surface area (Å²) < 4.78 is 29.3. The number of nitrogens with one attached hydrogen (secondary N) is 2. The molecule has 2 unspecified atom stereocenters. The Labute approximate surface area is 205 Å². The molecule has 2 amide bonds. The van der Waals surface area contributed by atoms with E-state index in [4.69, 9.17) is 4.74 Å². The normalized spacial score (nSPS) is 21.2. The molecule has 1 aliphatic heterocycles. The van der Waals surface area contributed by atoms with Gasteiger partial charge >= 0.3 is 0 Å². The Balaban J connectivity index is 1.54. The zero-order valence-corrected chi connectivity index (χ0v) is 21.5. The topological polar surface area (TPSA) is 102 Å². The molecule has 4 rings (SSSR count). The fraction of sp³-hybridized carbons (Fsp3) is 0.520. The lowest BCUT2D eigenvalue weighted by Crippen LogP contribution is -2.36. The lowest BCUT2D eigenvalue weighted by molar-refractivity contribution is 0.0941. The molecule has 0 saturated carbocycles. The zero-order valence-electron chi connectivity index (χ0n) is 19.8. The first-order chi connectivity index (χ1) is 16.1. The quantitative estimate of drug-likeness (QED) is 0.592. The summed E-state index contributed by atoms with van der Waals surface area (Å²) in [4.78, 5) is 27.4. The van der Waals surface area contributed by atoms with Gasteiger partial charge in [-0.1, -0.05) is 20.8 Å². The number of sulfone groups is 1. The van der Waals surface area contributed by atoms with Gasteiger partial charge in [-0.15, -0.1) is 11.3 Å². The Morgan fingerprint density at radius 2 is 1.88 bits per heavy atom. The molecule has 2 heterocycles. The molecular formula is C25H32N2O5S2. The number of anilines is 1. The molecule has 2 aromatic rings. The molecule has 1 fully saturated rings. The van der Waals surface area contributed by atoms with Gasteiger partial charge in [-0.25, -0.2) is 8.42 Å². The second kappa shape index (κ2) is 10.1. The number of ether oxygens (including phenoxy) is 1. The lowest BCUT2D eigenvalue weighted by Gasteiger charge is -2.19. The monoisotopic (exact) mass is 504 g/mol. The molecule has 184 valence electrons. The summed E-state index contributed by atoms with van der Waals surface area (Å²) in [6, 6.07) is 6.57. The maximum absolute atomic E-state index is 13.3. The molecule has 0 spiro atoms. The Kier molecular flexibility index (Phi) is 7.33. The van der Waals surface area contributed by atoms with Gasteiger partial charge in [-0.3, -0.25) is 9.59 Å². The molecule has 2 atom stereocenters. The predicted octanol–water partition coefficient (Wildman–Crippen LogP) is 4.08. The molecule has 1 saturated heterocycles. The first-order valence-electron chi connectivity index (χ1n) is 11.8. The Morgan fingerprint density at radius 3 is 2.53 bits per heavy atom. The molecule has 0 radical (unpaired) electrons. The second-order valence-electron chi connectivity index (χ2n) is 9.81. The number of amides is 2. The molecule has 1 aromatic heterocycles. The summed E-state index contributed by atoms with van der Waals surface area (Å²) in [5.74, 6) is 1.10. The summed E-state index contributed by atoms with van der Waals surface area (Å²) in [6.07, 6.45) is 3.05. The van der Waals surface area contributed by atoms with Crippen molar-refractivity contribution in [3.05, 3.63) is 45.8 Å². The predicted molar refractivity (Wildman–Crippen MR) is 135 cm³/mol. The molecule has 1 aliphatic carbocycles. The van der Waals surface area contributed by atoms with Crippen LogP contribution in [0.5, 0.6) is 5.75 Å². The highest BCUT2D eigenvalue weighted by Crippen LogP contribution is 2.40. The molecular weight excluding hydrogens is 472 g/mol. The smallest absolute Gasteiger partial charge is 0.256 e. The third kappa shape index (κ3) is 5.81. The summed E-state index contributed by atoms with van der Waals surface area (Å²) in [5.41, 5.74) is 1.94. The number of carbonyl (C=O) groups is 2. The summed E-state index contributed by atoms with van der Waals surface area (Å²) in [6.45, 7) is 6.93. The van der Waals surface area contributed by atoms with E-state index in [1.807, 2.05) is 0 Å². The van der Waals surface area contributed by atoms with Crippen LogP contribution in [-0.4, -0.2) is 44.4 Å². The molecule has 1 aromatic carbocycles. The van der Waals surface area contributed by atoms with Gasteiger partial charge in [0.05, 0.1) is 23.7 Å². The van der Waals surface area contributed by atoms with Crippen molar-refractivity contribution in [1.82, 2.24) is 5.32 Å². The minimum absolute atomic E-state index is 0.0327. The van der Waals surface area contributed by atoms with Crippen molar-refractivity contribution in [2.75, 3.05) is 23.4 Å². The Bertz CT molecular complexity index is 1170. The Morgan fingerprint density at radius 1 is 1.15 bits per heavy atom. The van der Waals surface area contributed by atoms with Crippen molar-refractivity contribution in [3.8, 4) is 5.75 Å². The van der Waals surface area contributed by atoms with Crippen molar-refractivity contribution in [2.24, 2.45) is 11.8 Å². The molecule has 7 nitrogen and oxygen atoms in total. The van der Waals surface area contributed by atoms with E-state index in [1.54, 1.807) is 24.3 Å². The molecule has 34 heavy (non-hydrogen) atoms. The van der Waals surface area contributed by atoms with Crippen LogP contribution in [0.1, 0.15) is 64.8 Å². The van der Waals surface area contributed by atoms with Crippen LogP contribution in [0.4, 0.5) is 5.00 Å². The van der Waals surface area contributed by atoms with Gasteiger partial charge in [0.1, 0.15) is 10.8 Å². The SMILES string of the molecule is CC(C)COc1ccc(C(=O)Nc2sc3c(c2C(=O)NC2CCS(=O)(=O)C2)CCC(C)C3)cc1. The minimum Gasteiger partial charge on any atom is -0.493 e. The van der Waals surface area contributed by atoms with Gasteiger partial charge in [0.25, 0.3) is 11.8 Å². The van der Waals surface area contributed by atoms with E-state index in [1.165, 1.54) is 11.3 Å². The third-order valence-electron chi connectivity index (χ3n) is 6.23. The van der Waals surface area contributed by atoms with Crippen molar-refractivity contribution >= 4 is 38.0 Å². The van der Waals surface area contributed by atoms with Crippen LogP contribution in [0.15, 0.2) is 24.3 Å². The van der Waals surface area contributed by atoms with Gasteiger partial charge < -0.3 is 15.4 Å². The molecule has 2 aliphatic rings. The van der Waals surface area contributed by atoms with Crippen molar-refractivity contribution in [2.45, 2.75) is 52.5 Å². The second-order valence-corrected chi connectivity index (χ2v) is 13.1. The number of rotatable bonds is 7. The molecule has 2 N–H and O–H groups in total. The summed E-state index contributed by atoms with van der Waals surface area (Å²) in [7, 11) is -3.10. The highest BCUT2D eigenvalue weighted by atomic mass is 32.2. The zero-order chi connectivity index (χ0) is 24.5. The van der Waals surface area contributed by atoms with Gasteiger partial charge in [0.2, 0.25) is 0 Å². The van der Waals surface area contributed by atoms with E-state index < -0.39 is 15.9 Å². The first kappa shape index (κ1) is 24.7. The van der Waals surface area contributed by atoms with Crippen LogP contribution in [-0.2, 0) is 22.7 Å². The average molecular weight is 505 g/mol. The van der Waals surface area contributed by atoms with Crippen LogP contribution in [0.25, 0.3) is 0 Å². The Hall–Kier alpha value is -2.39. The van der Waals surface area contributed by atoms with Crippen LogP contribution in [0.3, 0.4) is 0 Å². The molecule has 0 bridgehead atoms. The maximum atomic E-state index is 13.3. The van der Waals surface area contributed by atoms with Crippen LogP contribution in [0.2, 0.25) is 0 Å². The van der Waals surface area contributed by atoms with E-state index in [0.29, 0.717) is 46.7 Å². The van der Waals surface area contributed by atoms with Crippen molar-refractivity contribution in [1.29, 1.82) is 0 Å². The van der Waals surface area contributed by atoms with E-state index >= 15 is 0 Å². The summed E-state index contributed by atoms with van der Waals surface area (Å²) >= 11 is 1.45. The van der Waals surface area contributed by atoms with Crippen LogP contribution < -0.4 is 15.4 Å². The van der Waals surface area contributed by atoms with Crippen LogP contribution in [0, 0.1) is 11.8 Å². The maximum Gasteiger partial charge on any atom is 0.256 e. The number of hydrogen-bond acceptors (Lipinski definition) is 6. The highest BCUT2D eigenvalue weighted by Gasteiger charge is 2.33. The van der Waals surface area contributed by atoms with Crippen molar-refractivity contribution in [3.63, 3.8) is 0 Å². The van der Waals surface area contributed by atoms with Gasteiger partial charge in [-0.05, 0) is 67.3 Å². The number of hydrogen-bond donors (Lipinski definition) is 2.